The van der Waals surface area contributed by atoms with Gasteiger partial charge in [0.05, 0.1) is 0 Å². The molecule has 0 bridgehead atoms. The molecular formula is C10H20IO-. The van der Waals surface area contributed by atoms with Gasteiger partial charge in [0.25, 0.3) is 0 Å². The normalized spacial score (nSPS) is 26.7. The fourth-order valence-corrected chi connectivity index (χ4v) is 4.39. The topological polar surface area (TPSA) is 9.23 Å². The number of alkyl halides is 2. The monoisotopic (exact) mass is 283 g/mol. The summed E-state index contributed by atoms with van der Waals surface area (Å²) in [6.45, 7) is 4.47. The van der Waals surface area contributed by atoms with E-state index in [0.29, 0.717) is 33.4 Å². The van der Waals surface area contributed by atoms with Crippen LogP contribution in [0.25, 0.3) is 0 Å². The molecule has 1 aliphatic rings. The minimum absolute atomic E-state index is 0.511. The van der Waals surface area contributed by atoms with Crippen LogP contribution in [0.15, 0.2) is 0 Å². The van der Waals surface area contributed by atoms with Crippen LogP contribution >= 0.6 is 0 Å². The van der Waals surface area contributed by atoms with Crippen molar-refractivity contribution in [3.8, 4) is 0 Å². The maximum atomic E-state index is 5.94. The maximum absolute atomic E-state index is 5.94. The molecule has 2 heteroatoms. The SMILES string of the molecule is CCCCC(C)O[C@H]1CC[I-]C1. The van der Waals surface area contributed by atoms with Gasteiger partial charge in [0.15, 0.2) is 0 Å². The molecule has 1 nitrogen and oxygen atoms in total. The molecule has 0 aromatic rings. The molecule has 0 aliphatic carbocycles. The number of halogens is 1. The summed E-state index contributed by atoms with van der Waals surface area (Å²) in [5, 5.41) is 0. The van der Waals surface area contributed by atoms with Crippen LogP contribution in [0.4, 0.5) is 0 Å². The first-order valence-corrected chi connectivity index (χ1v) is 8.07. The molecule has 74 valence electrons. The number of hydrogen-bond acceptors (Lipinski definition) is 1. The van der Waals surface area contributed by atoms with Crippen LogP contribution in [0.2, 0.25) is 0 Å². The molecule has 0 aromatic carbocycles. The van der Waals surface area contributed by atoms with Crippen molar-refractivity contribution in [2.45, 2.75) is 51.7 Å². The number of unbranched alkanes of at least 4 members (excludes halogenated alkanes) is 1. The van der Waals surface area contributed by atoms with E-state index in [4.69, 9.17) is 4.74 Å². The predicted molar refractivity (Wildman–Crippen MR) is 48.2 cm³/mol. The van der Waals surface area contributed by atoms with E-state index in [1.807, 2.05) is 0 Å². The van der Waals surface area contributed by atoms with Crippen LogP contribution in [0.5, 0.6) is 0 Å². The summed E-state index contributed by atoms with van der Waals surface area (Å²) in [5.41, 5.74) is 0. The third-order valence-corrected chi connectivity index (χ3v) is 5.23. The van der Waals surface area contributed by atoms with Crippen LogP contribution in [-0.2, 0) is 4.74 Å². The summed E-state index contributed by atoms with van der Waals surface area (Å²) in [6.07, 6.45) is 6.38. The first kappa shape index (κ1) is 10.8. The molecule has 1 aliphatic heterocycles. The molecular weight excluding hydrogens is 263 g/mol. The molecule has 2 atom stereocenters. The fourth-order valence-electron chi connectivity index (χ4n) is 1.47. The molecule has 0 radical (unpaired) electrons. The summed E-state index contributed by atoms with van der Waals surface area (Å²) in [7, 11) is 0. The first-order chi connectivity index (χ1) is 5.83. The van der Waals surface area contributed by atoms with E-state index in [0.717, 1.165) is 0 Å². The third-order valence-electron chi connectivity index (χ3n) is 2.23. The Balaban J connectivity index is 2.03. The summed E-state index contributed by atoms with van der Waals surface area (Å²) in [4.78, 5) is 0. The Morgan fingerprint density at radius 3 is 3.00 bits per heavy atom. The Bertz CT molecular complexity index is 110. The molecule has 12 heavy (non-hydrogen) atoms. The van der Waals surface area contributed by atoms with Crippen LogP contribution in [-0.4, -0.2) is 21.1 Å². The Morgan fingerprint density at radius 2 is 2.42 bits per heavy atom. The van der Waals surface area contributed by atoms with E-state index in [-0.39, 0.29) is 0 Å². The van der Waals surface area contributed by atoms with E-state index in [2.05, 4.69) is 13.8 Å². The van der Waals surface area contributed by atoms with Gasteiger partial charge in [-0.05, 0) is 0 Å². The van der Waals surface area contributed by atoms with E-state index in [9.17, 15) is 0 Å². The molecule has 0 amide bonds. The zero-order valence-corrected chi connectivity index (χ0v) is 10.3. The van der Waals surface area contributed by atoms with Crippen molar-refractivity contribution in [2.75, 3.05) is 8.86 Å². The number of hydrogen-bond donors (Lipinski definition) is 0. The van der Waals surface area contributed by atoms with E-state index >= 15 is 0 Å². The van der Waals surface area contributed by atoms with Crippen LogP contribution in [0.3, 0.4) is 0 Å². The Labute approximate surface area is 86.5 Å². The van der Waals surface area contributed by atoms with E-state index in [1.165, 1.54) is 34.5 Å². The van der Waals surface area contributed by atoms with Crippen molar-refractivity contribution in [3.05, 3.63) is 0 Å². The summed E-state index contributed by atoms with van der Waals surface area (Å²) < 4.78 is 8.84. The molecule has 1 heterocycles. The molecule has 1 fully saturated rings. The van der Waals surface area contributed by atoms with Crippen molar-refractivity contribution in [1.82, 2.24) is 0 Å². The van der Waals surface area contributed by atoms with Crippen molar-refractivity contribution in [2.24, 2.45) is 0 Å². The number of rotatable bonds is 5. The van der Waals surface area contributed by atoms with Crippen LogP contribution in [0, 0.1) is 0 Å². The summed E-state index contributed by atoms with van der Waals surface area (Å²) in [6, 6.07) is 0. The van der Waals surface area contributed by atoms with Gasteiger partial charge in [-0.25, -0.2) is 0 Å². The Kier molecular flexibility index (Phi) is 5.56. The van der Waals surface area contributed by atoms with Gasteiger partial charge in [0.2, 0.25) is 0 Å². The van der Waals surface area contributed by atoms with Gasteiger partial charge in [-0.3, -0.25) is 0 Å². The average molecular weight is 283 g/mol. The van der Waals surface area contributed by atoms with Crippen LogP contribution in [0.1, 0.15) is 39.5 Å². The Morgan fingerprint density at radius 1 is 1.58 bits per heavy atom. The second-order valence-corrected chi connectivity index (χ2v) is 6.57. The second kappa shape index (κ2) is 6.19. The first-order valence-electron chi connectivity index (χ1n) is 5.02. The standard InChI is InChI=1S/C10H20IO/c1-3-4-5-9(2)12-10-6-7-11-8-10/h9-10H,3-8H2,1-2H3/q-1/t9?,10-/m0/s1. The van der Waals surface area contributed by atoms with Gasteiger partial charge in [-0.1, -0.05) is 0 Å². The minimum atomic E-state index is 0.511. The summed E-state index contributed by atoms with van der Waals surface area (Å²) >= 11 is 0.532. The van der Waals surface area contributed by atoms with Crippen molar-refractivity contribution < 1.29 is 25.9 Å². The number of ether oxygens (including phenoxy) is 1. The van der Waals surface area contributed by atoms with Crippen LogP contribution < -0.4 is 21.2 Å². The molecule has 0 spiro atoms. The van der Waals surface area contributed by atoms with Gasteiger partial charge >= 0.3 is 86.5 Å². The average Bonchev–Trinajstić information content (AvgIpc) is 2.53. The second-order valence-electron chi connectivity index (χ2n) is 3.53. The van der Waals surface area contributed by atoms with Gasteiger partial charge in [0.1, 0.15) is 0 Å². The quantitative estimate of drug-likeness (QED) is 0.486. The third kappa shape index (κ3) is 4.08. The van der Waals surface area contributed by atoms with Crippen molar-refractivity contribution >= 4 is 0 Å². The molecule has 1 rings (SSSR count). The van der Waals surface area contributed by atoms with E-state index in [1.54, 1.807) is 0 Å². The Hall–Kier alpha value is 0.690. The molecule has 1 unspecified atom stereocenters. The van der Waals surface area contributed by atoms with Gasteiger partial charge in [-0.15, -0.1) is 0 Å². The van der Waals surface area contributed by atoms with E-state index < -0.39 is 0 Å². The van der Waals surface area contributed by atoms with Crippen molar-refractivity contribution in [1.29, 1.82) is 0 Å². The fraction of sp³-hybridized carbons (Fsp3) is 1.00. The van der Waals surface area contributed by atoms with Gasteiger partial charge < -0.3 is 0 Å². The van der Waals surface area contributed by atoms with Gasteiger partial charge in [-0.2, -0.15) is 0 Å². The molecule has 1 saturated heterocycles. The molecule has 0 saturated carbocycles. The molecule has 0 aromatic heterocycles. The predicted octanol–water partition coefficient (Wildman–Crippen LogP) is -0.557. The molecule has 0 N–H and O–H groups in total. The van der Waals surface area contributed by atoms with Crippen molar-refractivity contribution in [3.63, 3.8) is 0 Å². The zero-order chi connectivity index (χ0) is 8.81. The van der Waals surface area contributed by atoms with Gasteiger partial charge in [0, 0.05) is 0 Å². The summed E-state index contributed by atoms with van der Waals surface area (Å²) in [5.74, 6) is 0. The zero-order valence-electron chi connectivity index (χ0n) is 8.18.